The van der Waals surface area contributed by atoms with E-state index >= 15 is 0 Å². The SMILES string of the molecule is [B]CC(=O)CN(CC(=O)N([B])[B])C(=O)CCCCC(=O)C(C)(C)C. The van der Waals surface area contributed by atoms with Crippen molar-refractivity contribution in [3.8, 4) is 0 Å². The van der Waals surface area contributed by atoms with E-state index in [0.29, 0.717) is 24.0 Å². The first-order valence-corrected chi connectivity index (χ1v) is 7.84. The largest absolute Gasteiger partial charge is 0.447 e. The Bertz CT molecular complexity index is 476. The predicted octanol–water partition coefficient (Wildman–Crippen LogP) is 0.142. The number of amides is 2. The zero-order valence-corrected chi connectivity index (χ0v) is 14.7. The summed E-state index contributed by atoms with van der Waals surface area (Å²) in [6.07, 6.45) is 1.33. The third kappa shape index (κ3) is 8.94. The molecule has 0 rings (SSSR count). The number of hydrogen-bond acceptors (Lipinski definition) is 4. The minimum Gasteiger partial charge on any atom is -0.447 e. The highest BCUT2D eigenvalue weighted by Crippen LogP contribution is 2.18. The maximum atomic E-state index is 12.2. The van der Waals surface area contributed by atoms with Crippen LogP contribution in [0, 0.1) is 5.41 Å². The van der Waals surface area contributed by atoms with Crippen LogP contribution in [0.1, 0.15) is 46.5 Å². The van der Waals surface area contributed by atoms with Gasteiger partial charge < -0.3 is 9.62 Å². The Balaban J connectivity index is 4.51. The molecule has 2 amide bonds. The normalized spacial score (nSPS) is 11.0. The van der Waals surface area contributed by atoms with E-state index in [9.17, 15) is 19.2 Å². The van der Waals surface area contributed by atoms with Gasteiger partial charge in [0.15, 0.2) is 0 Å². The monoisotopic (exact) mass is 328 g/mol. The minimum atomic E-state index is -0.698. The molecule has 0 aliphatic heterocycles. The number of carbonyl (C=O) groups is 4. The van der Waals surface area contributed by atoms with Crippen molar-refractivity contribution in [1.29, 1.82) is 0 Å². The van der Waals surface area contributed by atoms with Crippen LogP contribution in [0.5, 0.6) is 0 Å². The van der Waals surface area contributed by atoms with Gasteiger partial charge in [-0.3, -0.25) is 19.2 Å². The van der Waals surface area contributed by atoms with Gasteiger partial charge >= 0.3 is 0 Å². The molecule has 0 aliphatic carbocycles. The third-order valence-electron chi connectivity index (χ3n) is 3.44. The first-order chi connectivity index (χ1) is 11.0. The zero-order valence-electron chi connectivity index (χ0n) is 14.7. The van der Waals surface area contributed by atoms with Crippen molar-refractivity contribution in [2.45, 2.75) is 52.8 Å². The second kappa shape index (κ2) is 10.4. The first-order valence-electron chi connectivity index (χ1n) is 7.84. The first kappa shape index (κ1) is 22.5. The molecule has 0 heterocycles. The molecule has 6 radical (unpaired) electrons. The lowest BCUT2D eigenvalue weighted by Gasteiger charge is -2.24. The summed E-state index contributed by atoms with van der Waals surface area (Å²) in [6.45, 7) is 4.88. The highest BCUT2D eigenvalue weighted by Gasteiger charge is 2.22. The van der Waals surface area contributed by atoms with Gasteiger partial charge in [0.05, 0.1) is 20.9 Å². The number of ketones is 2. The van der Waals surface area contributed by atoms with Gasteiger partial charge in [0.25, 0.3) is 0 Å². The lowest BCUT2D eigenvalue weighted by molar-refractivity contribution is -0.139. The summed E-state index contributed by atoms with van der Waals surface area (Å²) >= 11 is 0. The topological polar surface area (TPSA) is 74.8 Å². The summed E-state index contributed by atoms with van der Waals surface area (Å²) in [5.74, 6) is -1.33. The van der Waals surface area contributed by atoms with Crippen LogP contribution in [0.2, 0.25) is 6.32 Å². The van der Waals surface area contributed by atoms with Crippen LogP contribution in [0.4, 0.5) is 0 Å². The molecule has 0 aromatic rings. The molecule has 0 N–H and O–H groups in total. The molecular weight excluding hydrogens is 305 g/mol. The zero-order chi connectivity index (χ0) is 18.9. The highest BCUT2D eigenvalue weighted by molar-refractivity contribution is 6.34. The van der Waals surface area contributed by atoms with E-state index in [0.717, 1.165) is 4.90 Å². The molecule has 24 heavy (non-hydrogen) atoms. The second-order valence-corrected chi connectivity index (χ2v) is 6.67. The molecule has 0 bridgehead atoms. The van der Waals surface area contributed by atoms with Gasteiger partial charge in [-0.1, -0.05) is 20.8 Å². The van der Waals surface area contributed by atoms with Gasteiger partial charge in [-0.05, 0) is 19.2 Å². The fraction of sp³-hybridized carbons (Fsp3) is 0.733. The third-order valence-corrected chi connectivity index (χ3v) is 3.44. The molecule has 9 heteroatoms. The molecule has 0 saturated heterocycles. The van der Waals surface area contributed by atoms with Crippen LogP contribution < -0.4 is 0 Å². The molecule has 126 valence electrons. The van der Waals surface area contributed by atoms with Crippen LogP contribution in [-0.4, -0.2) is 69.9 Å². The van der Waals surface area contributed by atoms with Crippen molar-refractivity contribution < 1.29 is 19.2 Å². The van der Waals surface area contributed by atoms with Crippen LogP contribution in [-0.2, 0) is 19.2 Å². The van der Waals surface area contributed by atoms with E-state index in [1.165, 1.54) is 0 Å². The summed E-state index contributed by atoms with van der Waals surface area (Å²) in [6, 6.07) is 0. The summed E-state index contributed by atoms with van der Waals surface area (Å²) in [5, 5.41) is 0. The molecule has 0 unspecified atom stereocenters. The standard InChI is InChI=1S/C15H23B3N2O4/c1-15(2,3)12(22)6-4-5-7-13(23)19(9-11(21)8-16)10-14(24)20(17)18/h4-10H2,1-3H3. The molecule has 0 fully saturated rings. The van der Waals surface area contributed by atoms with E-state index in [4.69, 9.17) is 23.8 Å². The summed E-state index contributed by atoms with van der Waals surface area (Å²) in [4.78, 5) is 48.1. The second-order valence-electron chi connectivity index (χ2n) is 6.67. The molecule has 0 aromatic heterocycles. The maximum Gasteiger partial charge on any atom is 0.223 e. The Morgan fingerprint density at radius 1 is 0.875 bits per heavy atom. The van der Waals surface area contributed by atoms with Crippen LogP contribution >= 0.6 is 0 Å². The Hall–Kier alpha value is -1.53. The molecule has 0 atom stereocenters. The summed E-state index contributed by atoms with van der Waals surface area (Å²) in [7, 11) is 15.5. The van der Waals surface area contributed by atoms with Crippen molar-refractivity contribution in [2.24, 2.45) is 5.41 Å². The Kier molecular flexibility index (Phi) is 9.70. The van der Waals surface area contributed by atoms with Crippen molar-refractivity contribution >= 4 is 47.2 Å². The Morgan fingerprint density at radius 3 is 1.88 bits per heavy atom. The number of hydrogen-bond donors (Lipinski definition) is 0. The molecule has 0 aliphatic rings. The van der Waals surface area contributed by atoms with Crippen LogP contribution in [0.15, 0.2) is 0 Å². The summed E-state index contributed by atoms with van der Waals surface area (Å²) in [5.41, 5.74) is -0.401. The number of carbonyl (C=O) groups excluding carboxylic acids is 4. The molecule has 0 aromatic carbocycles. The van der Waals surface area contributed by atoms with Gasteiger partial charge in [0.2, 0.25) is 27.8 Å². The van der Waals surface area contributed by atoms with E-state index in [2.05, 4.69) is 0 Å². The van der Waals surface area contributed by atoms with Gasteiger partial charge in [0, 0.05) is 18.3 Å². The Morgan fingerprint density at radius 2 is 1.42 bits per heavy atom. The molecule has 0 saturated carbocycles. The lowest BCUT2D eigenvalue weighted by Crippen LogP contribution is -2.43. The fourth-order valence-corrected chi connectivity index (χ4v) is 1.85. The van der Waals surface area contributed by atoms with E-state index in [1.807, 2.05) is 20.8 Å². The lowest BCUT2D eigenvalue weighted by atomic mass is 9.88. The van der Waals surface area contributed by atoms with Crippen LogP contribution in [0.25, 0.3) is 0 Å². The predicted molar refractivity (Wildman–Crippen MR) is 93.4 cm³/mol. The average molecular weight is 328 g/mol. The average Bonchev–Trinajstić information content (AvgIpc) is 2.48. The van der Waals surface area contributed by atoms with E-state index in [1.54, 1.807) is 0 Å². The quantitative estimate of drug-likeness (QED) is 0.422. The van der Waals surface area contributed by atoms with E-state index < -0.39 is 17.9 Å². The molecule has 6 nitrogen and oxygen atoms in total. The molecular formula is C15H23B3N2O4. The number of rotatable bonds is 10. The smallest absolute Gasteiger partial charge is 0.223 e. The maximum absolute atomic E-state index is 12.2. The molecule has 0 spiro atoms. The van der Waals surface area contributed by atoms with Gasteiger partial charge in [-0.15, -0.1) is 0 Å². The van der Waals surface area contributed by atoms with E-state index in [-0.39, 0.29) is 36.8 Å². The summed E-state index contributed by atoms with van der Waals surface area (Å²) < 4.78 is 0.370. The number of Topliss-reactive ketones (excluding diaryl/α,β-unsaturated/α-hetero) is 2. The van der Waals surface area contributed by atoms with Crippen molar-refractivity contribution in [1.82, 2.24) is 9.62 Å². The number of unbranched alkanes of at least 4 members (excludes halogenated alkanes) is 1. The minimum absolute atomic E-state index is 0.123. The van der Waals surface area contributed by atoms with Gasteiger partial charge in [-0.2, -0.15) is 0 Å². The van der Waals surface area contributed by atoms with Crippen LogP contribution in [0.3, 0.4) is 0 Å². The van der Waals surface area contributed by atoms with Crippen molar-refractivity contribution in [3.63, 3.8) is 0 Å². The Labute approximate surface area is 148 Å². The van der Waals surface area contributed by atoms with Gasteiger partial charge in [-0.25, -0.2) is 0 Å². The fourth-order valence-electron chi connectivity index (χ4n) is 1.85. The van der Waals surface area contributed by atoms with Crippen molar-refractivity contribution in [3.05, 3.63) is 0 Å². The number of nitrogens with zero attached hydrogens (tertiary/aromatic N) is 2. The van der Waals surface area contributed by atoms with Gasteiger partial charge in [0.1, 0.15) is 11.6 Å². The highest BCUT2D eigenvalue weighted by atomic mass is 16.2. The van der Waals surface area contributed by atoms with Crippen molar-refractivity contribution in [2.75, 3.05) is 13.1 Å².